The Morgan fingerprint density at radius 2 is 1.74 bits per heavy atom. The molecular weight excluding hydrogens is 290 g/mol. The van der Waals surface area contributed by atoms with E-state index in [1.165, 1.54) is 6.92 Å². The molecule has 0 aliphatic carbocycles. The summed E-state index contributed by atoms with van der Waals surface area (Å²) in [5.74, 6) is -0.0886. The molecule has 0 unspecified atom stereocenters. The maximum absolute atomic E-state index is 12.3. The Hall–Kier alpha value is -2.69. The summed E-state index contributed by atoms with van der Waals surface area (Å²) < 4.78 is 0. The Labute approximate surface area is 136 Å². The van der Waals surface area contributed by atoms with Crippen LogP contribution in [0.5, 0.6) is 0 Å². The lowest BCUT2D eigenvalue weighted by Gasteiger charge is -2.22. The molecular formula is C18H21N3O2. The Balaban J connectivity index is 1.93. The molecule has 2 rings (SSSR count). The van der Waals surface area contributed by atoms with Gasteiger partial charge in [-0.2, -0.15) is 0 Å². The second kappa shape index (κ2) is 8.08. The van der Waals surface area contributed by atoms with Gasteiger partial charge in [-0.3, -0.25) is 14.6 Å². The van der Waals surface area contributed by atoms with Crippen LogP contribution >= 0.6 is 0 Å². The number of hydrogen-bond donors (Lipinski definition) is 0. The second-order valence-corrected chi connectivity index (χ2v) is 5.30. The molecule has 1 aromatic heterocycles. The molecule has 0 saturated carbocycles. The maximum Gasteiger partial charge on any atom is 0.228 e. The van der Waals surface area contributed by atoms with Gasteiger partial charge >= 0.3 is 0 Å². The molecule has 0 bridgehead atoms. The fraction of sp³-hybridized carbons (Fsp3) is 0.278. The zero-order valence-electron chi connectivity index (χ0n) is 13.5. The first-order valence-corrected chi connectivity index (χ1v) is 7.55. The number of carbonyl (C=O) groups is 2. The molecule has 0 saturated heterocycles. The average molecular weight is 311 g/mol. The van der Waals surface area contributed by atoms with Crippen molar-refractivity contribution in [1.82, 2.24) is 9.88 Å². The normalized spacial score (nSPS) is 10.2. The van der Waals surface area contributed by atoms with Crippen LogP contribution in [0.1, 0.15) is 19.0 Å². The molecule has 0 aliphatic heterocycles. The molecule has 0 fully saturated rings. The van der Waals surface area contributed by atoms with Gasteiger partial charge in [-0.15, -0.1) is 0 Å². The van der Waals surface area contributed by atoms with E-state index in [9.17, 15) is 9.59 Å². The molecule has 120 valence electrons. The number of pyridine rings is 1. The van der Waals surface area contributed by atoms with Crippen molar-refractivity contribution in [2.45, 2.75) is 19.9 Å². The predicted molar refractivity (Wildman–Crippen MR) is 89.8 cm³/mol. The van der Waals surface area contributed by atoms with Crippen molar-refractivity contribution in [3.63, 3.8) is 0 Å². The minimum atomic E-state index is -0.0641. The number of benzene rings is 1. The second-order valence-electron chi connectivity index (χ2n) is 5.30. The van der Waals surface area contributed by atoms with E-state index in [2.05, 4.69) is 4.98 Å². The van der Waals surface area contributed by atoms with Gasteiger partial charge in [0, 0.05) is 38.8 Å². The van der Waals surface area contributed by atoms with Crippen molar-refractivity contribution >= 4 is 17.5 Å². The van der Waals surface area contributed by atoms with Crippen LogP contribution in [-0.4, -0.2) is 35.3 Å². The maximum atomic E-state index is 12.3. The third-order valence-corrected chi connectivity index (χ3v) is 3.64. The van der Waals surface area contributed by atoms with Gasteiger partial charge in [-0.1, -0.05) is 24.3 Å². The summed E-state index contributed by atoms with van der Waals surface area (Å²) in [5, 5.41) is 0. The summed E-state index contributed by atoms with van der Waals surface area (Å²) in [7, 11) is 1.74. The zero-order chi connectivity index (χ0) is 16.7. The van der Waals surface area contributed by atoms with Crippen LogP contribution in [0.15, 0.2) is 54.7 Å². The van der Waals surface area contributed by atoms with Crippen molar-refractivity contribution < 1.29 is 9.59 Å². The minimum absolute atomic E-state index is 0.0246. The van der Waals surface area contributed by atoms with Crippen LogP contribution in [-0.2, 0) is 16.1 Å². The first-order valence-electron chi connectivity index (χ1n) is 7.55. The van der Waals surface area contributed by atoms with Crippen LogP contribution < -0.4 is 4.90 Å². The Morgan fingerprint density at radius 1 is 1.04 bits per heavy atom. The summed E-state index contributed by atoms with van der Waals surface area (Å²) in [6, 6.07) is 15.0. The van der Waals surface area contributed by atoms with E-state index >= 15 is 0 Å². The smallest absolute Gasteiger partial charge is 0.228 e. The minimum Gasteiger partial charge on any atom is -0.337 e. The van der Waals surface area contributed by atoms with Gasteiger partial charge in [0.2, 0.25) is 11.8 Å². The quantitative estimate of drug-likeness (QED) is 0.823. The van der Waals surface area contributed by atoms with Crippen LogP contribution in [0.3, 0.4) is 0 Å². The fourth-order valence-electron chi connectivity index (χ4n) is 2.23. The van der Waals surface area contributed by atoms with Gasteiger partial charge in [-0.25, -0.2) is 0 Å². The molecule has 2 amide bonds. The molecule has 0 radical (unpaired) electrons. The van der Waals surface area contributed by atoms with E-state index in [1.54, 1.807) is 23.0 Å². The fourth-order valence-corrected chi connectivity index (χ4v) is 2.23. The number of hydrogen-bond acceptors (Lipinski definition) is 3. The molecule has 5 heteroatoms. The number of nitrogens with zero attached hydrogens (tertiary/aromatic N) is 3. The number of para-hydroxylation sites is 1. The summed E-state index contributed by atoms with van der Waals surface area (Å²) >= 11 is 0. The molecule has 5 nitrogen and oxygen atoms in total. The van der Waals surface area contributed by atoms with Gasteiger partial charge in [0.1, 0.15) is 0 Å². The number of aromatic nitrogens is 1. The highest BCUT2D eigenvalue weighted by atomic mass is 16.2. The summed E-state index contributed by atoms with van der Waals surface area (Å²) in [6.07, 6.45) is 1.97. The summed E-state index contributed by atoms with van der Waals surface area (Å²) in [6.45, 7) is 2.30. The SMILES string of the molecule is CC(=O)N(CCC(=O)N(C)c1ccccc1)Cc1ccccn1. The Morgan fingerprint density at radius 3 is 2.35 bits per heavy atom. The molecule has 1 aromatic carbocycles. The number of carbonyl (C=O) groups excluding carboxylic acids is 2. The summed E-state index contributed by atoms with van der Waals surface area (Å²) in [4.78, 5) is 31.5. The van der Waals surface area contributed by atoms with Crippen molar-refractivity contribution in [3.05, 3.63) is 60.4 Å². The predicted octanol–water partition coefficient (Wildman–Crippen LogP) is 2.48. The van der Waals surface area contributed by atoms with Gasteiger partial charge in [-0.05, 0) is 24.3 Å². The van der Waals surface area contributed by atoms with Crippen molar-refractivity contribution in [1.29, 1.82) is 0 Å². The Kier molecular flexibility index (Phi) is 5.86. The number of anilines is 1. The number of rotatable bonds is 6. The molecule has 23 heavy (non-hydrogen) atoms. The lowest BCUT2D eigenvalue weighted by Crippen LogP contribution is -2.34. The molecule has 2 aromatic rings. The van der Waals surface area contributed by atoms with E-state index in [0.29, 0.717) is 13.1 Å². The van der Waals surface area contributed by atoms with E-state index < -0.39 is 0 Å². The van der Waals surface area contributed by atoms with Gasteiger partial charge in [0.15, 0.2) is 0 Å². The van der Waals surface area contributed by atoms with E-state index in [4.69, 9.17) is 0 Å². The van der Waals surface area contributed by atoms with E-state index in [1.807, 2.05) is 48.5 Å². The molecule has 0 N–H and O–H groups in total. The van der Waals surface area contributed by atoms with Gasteiger partial charge < -0.3 is 9.80 Å². The standard InChI is InChI=1S/C18H21N3O2/c1-15(22)21(14-16-8-6-7-12-19-16)13-11-18(23)20(2)17-9-4-3-5-10-17/h3-10,12H,11,13-14H2,1-2H3. The van der Waals surface area contributed by atoms with Crippen molar-refractivity contribution in [2.24, 2.45) is 0 Å². The topological polar surface area (TPSA) is 53.5 Å². The third-order valence-electron chi connectivity index (χ3n) is 3.64. The molecule has 0 atom stereocenters. The molecule has 1 heterocycles. The van der Waals surface area contributed by atoms with E-state index in [-0.39, 0.29) is 18.2 Å². The monoisotopic (exact) mass is 311 g/mol. The van der Waals surface area contributed by atoms with Crippen LogP contribution in [0, 0.1) is 0 Å². The highest BCUT2D eigenvalue weighted by Crippen LogP contribution is 2.12. The lowest BCUT2D eigenvalue weighted by atomic mass is 10.2. The highest BCUT2D eigenvalue weighted by Gasteiger charge is 2.15. The van der Waals surface area contributed by atoms with Gasteiger partial charge in [0.25, 0.3) is 0 Å². The highest BCUT2D eigenvalue weighted by molar-refractivity contribution is 5.93. The molecule has 0 aliphatic rings. The van der Waals surface area contributed by atoms with Crippen molar-refractivity contribution in [3.8, 4) is 0 Å². The van der Waals surface area contributed by atoms with Crippen LogP contribution in [0.25, 0.3) is 0 Å². The zero-order valence-corrected chi connectivity index (χ0v) is 13.5. The van der Waals surface area contributed by atoms with Crippen LogP contribution in [0.2, 0.25) is 0 Å². The molecule has 0 spiro atoms. The lowest BCUT2D eigenvalue weighted by molar-refractivity contribution is -0.130. The van der Waals surface area contributed by atoms with Crippen molar-refractivity contribution in [2.75, 3.05) is 18.5 Å². The number of amides is 2. The van der Waals surface area contributed by atoms with Gasteiger partial charge in [0.05, 0.1) is 12.2 Å². The first-order chi connectivity index (χ1) is 11.1. The van der Waals surface area contributed by atoms with Crippen LogP contribution in [0.4, 0.5) is 5.69 Å². The largest absolute Gasteiger partial charge is 0.337 e. The van der Waals surface area contributed by atoms with E-state index in [0.717, 1.165) is 11.4 Å². The Bertz CT molecular complexity index is 644. The third kappa shape index (κ3) is 4.92. The average Bonchev–Trinajstić information content (AvgIpc) is 2.59. The first kappa shape index (κ1) is 16.7. The summed E-state index contributed by atoms with van der Waals surface area (Å²) in [5.41, 5.74) is 1.66.